The number of nitrogens with one attached hydrogen (secondary N) is 1. The summed E-state index contributed by atoms with van der Waals surface area (Å²) >= 11 is 1.03. The van der Waals surface area contributed by atoms with Crippen molar-refractivity contribution in [1.82, 2.24) is 4.98 Å². The Morgan fingerprint density at radius 3 is 2.40 bits per heavy atom. The van der Waals surface area contributed by atoms with Crippen LogP contribution in [0.1, 0.15) is 10.4 Å². The van der Waals surface area contributed by atoms with Gasteiger partial charge in [0.2, 0.25) is 0 Å². The van der Waals surface area contributed by atoms with Crippen LogP contribution in [-0.4, -0.2) is 29.7 Å². The SMILES string of the molecule is O=C(Nc1nc(-c2cccc([N+](=O)[O-])c2)cs1)c1ccc(S(=O)(=O)C(F)(F)F)cc1. The van der Waals surface area contributed by atoms with Gasteiger partial charge in [-0.15, -0.1) is 11.3 Å². The first-order chi connectivity index (χ1) is 14.0. The number of carbonyl (C=O) groups is 1. The van der Waals surface area contributed by atoms with Crippen LogP contribution in [0, 0.1) is 10.1 Å². The van der Waals surface area contributed by atoms with E-state index in [9.17, 15) is 36.5 Å². The topological polar surface area (TPSA) is 119 Å². The van der Waals surface area contributed by atoms with E-state index in [0.29, 0.717) is 23.4 Å². The Labute approximate surface area is 171 Å². The van der Waals surface area contributed by atoms with Gasteiger partial charge in [0.15, 0.2) is 5.13 Å². The monoisotopic (exact) mass is 457 g/mol. The number of benzene rings is 2. The first-order valence-corrected chi connectivity index (χ1v) is 10.3. The maximum Gasteiger partial charge on any atom is 0.501 e. The van der Waals surface area contributed by atoms with Gasteiger partial charge in [0, 0.05) is 28.6 Å². The second-order valence-corrected chi connectivity index (χ2v) is 8.57. The molecule has 1 heterocycles. The van der Waals surface area contributed by atoms with Crippen LogP contribution in [0.5, 0.6) is 0 Å². The van der Waals surface area contributed by atoms with Crippen molar-refractivity contribution in [1.29, 1.82) is 0 Å². The van der Waals surface area contributed by atoms with Crippen LogP contribution in [0.2, 0.25) is 0 Å². The largest absolute Gasteiger partial charge is 0.501 e. The molecule has 0 bridgehead atoms. The standard InChI is InChI=1S/C17H10F3N3O5S2/c18-17(19,20)30(27,28)13-6-4-10(5-7-13)15(24)22-16-21-14(9-29-16)11-2-1-3-12(8-11)23(25)26/h1-9H,(H,21,22,24). The van der Waals surface area contributed by atoms with E-state index in [1.807, 2.05) is 0 Å². The van der Waals surface area contributed by atoms with Gasteiger partial charge in [0.05, 0.1) is 15.5 Å². The van der Waals surface area contributed by atoms with E-state index in [1.165, 1.54) is 18.2 Å². The number of thiazole rings is 1. The molecule has 30 heavy (non-hydrogen) atoms. The number of carbonyl (C=O) groups excluding carboxylic acids is 1. The second-order valence-electron chi connectivity index (χ2n) is 5.77. The number of non-ortho nitro benzene ring substituents is 1. The van der Waals surface area contributed by atoms with Gasteiger partial charge in [-0.05, 0) is 24.3 Å². The average molecular weight is 457 g/mol. The normalized spacial score (nSPS) is 11.8. The molecule has 2 aromatic carbocycles. The number of nitro benzene ring substituents is 1. The van der Waals surface area contributed by atoms with E-state index in [0.717, 1.165) is 23.5 Å². The lowest BCUT2D eigenvalue weighted by atomic mass is 10.1. The van der Waals surface area contributed by atoms with Crippen molar-refractivity contribution >= 4 is 37.9 Å². The number of amides is 1. The number of nitrogens with zero attached hydrogens (tertiary/aromatic N) is 2. The summed E-state index contributed by atoms with van der Waals surface area (Å²) in [7, 11) is -5.50. The van der Waals surface area contributed by atoms with Gasteiger partial charge in [0.1, 0.15) is 0 Å². The molecule has 8 nitrogen and oxygen atoms in total. The van der Waals surface area contributed by atoms with E-state index in [-0.39, 0.29) is 16.4 Å². The van der Waals surface area contributed by atoms with E-state index in [4.69, 9.17) is 0 Å². The summed E-state index contributed by atoms with van der Waals surface area (Å²) in [6.45, 7) is 0. The number of nitro groups is 1. The van der Waals surface area contributed by atoms with Gasteiger partial charge in [-0.2, -0.15) is 13.2 Å². The number of halogens is 3. The number of sulfone groups is 1. The summed E-state index contributed by atoms with van der Waals surface area (Å²) in [5.74, 6) is -0.717. The van der Waals surface area contributed by atoms with Crippen molar-refractivity contribution < 1.29 is 31.3 Å². The molecule has 13 heteroatoms. The molecule has 0 fully saturated rings. The predicted molar refractivity (Wildman–Crippen MR) is 102 cm³/mol. The Morgan fingerprint density at radius 1 is 1.13 bits per heavy atom. The lowest BCUT2D eigenvalue weighted by Gasteiger charge is -2.08. The Morgan fingerprint density at radius 2 is 1.80 bits per heavy atom. The fourth-order valence-electron chi connectivity index (χ4n) is 2.33. The number of rotatable bonds is 5. The Balaban J connectivity index is 1.76. The Hall–Kier alpha value is -3.32. The fraction of sp³-hybridized carbons (Fsp3) is 0.0588. The molecule has 0 radical (unpaired) electrons. The van der Waals surface area contributed by atoms with Crippen LogP contribution in [0.15, 0.2) is 58.8 Å². The second kappa shape index (κ2) is 7.84. The van der Waals surface area contributed by atoms with E-state index >= 15 is 0 Å². The minimum atomic E-state index is -5.50. The summed E-state index contributed by atoms with van der Waals surface area (Å²) in [4.78, 5) is 25.7. The minimum Gasteiger partial charge on any atom is -0.298 e. The molecule has 0 spiro atoms. The van der Waals surface area contributed by atoms with Gasteiger partial charge in [0.25, 0.3) is 21.4 Å². The summed E-state index contributed by atoms with van der Waals surface area (Å²) < 4.78 is 60.4. The van der Waals surface area contributed by atoms with Crippen LogP contribution in [-0.2, 0) is 9.84 Å². The van der Waals surface area contributed by atoms with E-state index in [2.05, 4.69) is 10.3 Å². The highest BCUT2D eigenvalue weighted by atomic mass is 32.2. The summed E-state index contributed by atoms with van der Waals surface area (Å²) in [5, 5.41) is 15.0. The quantitative estimate of drug-likeness (QED) is 0.452. The molecular formula is C17H10F3N3O5S2. The van der Waals surface area contributed by atoms with Crippen LogP contribution >= 0.6 is 11.3 Å². The van der Waals surface area contributed by atoms with Gasteiger partial charge < -0.3 is 0 Å². The summed E-state index contributed by atoms with van der Waals surface area (Å²) in [6, 6.07) is 9.01. The molecule has 156 valence electrons. The summed E-state index contributed by atoms with van der Waals surface area (Å²) in [6.07, 6.45) is 0. The molecule has 0 aliphatic heterocycles. The smallest absolute Gasteiger partial charge is 0.298 e. The average Bonchev–Trinajstić information content (AvgIpc) is 3.15. The van der Waals surface area contributed by atoms with Crippen LogP contribution in [0.3, 0.4) is 0 Å². The predicted octanol–water partition coefficient (Wildman–Crippen LogP) is 4.26. The van der Waals surface area contributed by atoms with Gasteiger partial charge in [-0.25, -0.2) is 13.4 Å². The number of alkyl halides is 3. The first-order valence-electron chi connectivity index (χ1n) is 7.92. The first kappa shape index (κ1) is 21.4. The summed E-state index contributed by atoms with van der Waals surface area (Å²) in [5.41, 5.74) is -4.81. The zero-order valence-corrected chi connectivity index (χ0v) is 16.2. The third-order valence-corrected chi connectivity index (χ3v) is 6.07. The molecule has 3 aromatic rings. The number of anilines is 1. The molecule has 1 aromatic heterocycles. The van der Waals surface area contributed by atoms with Gasteiger partial charge >= 0.3 is 5.51 Å². The third-order valence-electron chi connectivity index (χ3n) is 3.81. The maximum atomic E-state index is 12.6. The fourth-order valence-corrected chi connectivity index (χ4v) is 3.81. The van der Waals surface area contributed by atoms with E-state index < -0.39 is 31.1 Å². The maximum absolute atomic E-state index is 12.6. The van der Waals surface area contributed by atoms with Crippen molar-refractivity contribution in [3.63, 3.8) is 0 Å². The highest BCUT2D eigenvalue weighted by molar-refractivity contribution is 7.92. The molecule has 3 rings (SSSR count). The zero-order valence-electron chi connectivity index (χ0n) is 14.6. The Bertz CT molecular complexity index is 1220. The molecule has 0 aliphatic rings. The number of aromatic nitrogens is 1. The number of hydrogen-bond acceptors (Lipinski definition) is 7. The van der Waals surface area contributed by atoms with Crippen molar-refractivity contribution in [3.8, 4) is 11.3 Å². The molecule has 0 saturated carbocycles. The van der Waals surface area contributed by atoms with Crippen molar-refractivity contribution in [2.45, 2.75) is 10.4 Å². The zero-order chi connectivity index (χ0) is 22.1. The molecule has 0 atom stereocenters. The molecule has 0 saturated heterocycles. The van der Waals surface area contributed by atoms with Gasteiger partial charge in [-0.1, -0.05) is 12.1 Å². The minimum absolute atomic E-state index is 0.0803. The van der Waals surface area contributed by atoms with Crippen molar-refractivity contribution in [2.24, 2.45) is 0 Å². The van der Waals surface area contributed by atoms with Crippen LogP contribution in [0.4, 0.5) is 24.0 Å². The van der Waals surface area contributed by atoms with E-state index in [1.54, 1.807) is 11.4 Å². The third kappa shape index (κ3) is 4.31. The van der Waals surface area contributed by atoms with Crippen molar-refractivity contribution in [3.05, 3.63) is 69.6 Å². The highest BCUT2D eigenvalue weighted by Crippen LogP contribution is 2.31. The molecule has 0 unspecified atom stereocenters. The highest BCUT2D eigenvalue weighted by Gasteiger charge is 2.46. The molecule has 1 N–H and O–H groups in total. The lowest BCUT2D eigenvalue weighted by molar-refractivity contribution is -0.384. The molecular weight excluding hydrogens is 447 g/mol. The van der Waals surface area contributed by atoms with Crippen LogP contribution in [0.25, 0.3) is 11.3 Å². The van der Waals surface area contributed by atoms with Gasteiger partial charge in [-0.3, -0.25) is 20.2 Å². The molecule has 1 amide bonds. The van der Waals surface area contributed by atoms with Crippen molar-refractivity contribution in [2.75, 3.05) is 5.32 Å². The lowest BCUT2D eigenvalue weighted by Crippen LogP contribution is -2.23. The number of hydrogen-bond donors (Lipinski definition) is 1. The van der Waals surface area contributed by atoms with Crippen LogP contribution < -0.4 is 5.32 Å². The molecule has 0 aliphatic carbocycles. The Kier molecular flexibility index (Phi) is 5.59.